The fourth-order valence-electron chi connectivity index (χ4n) is 4.24. The van der Waals surface area contributed by atoms with Gasteiger partial charge in [-0.25, -0.2) is 4.98 Å². The first kappa shape index (κ1) is 25.4. The average molecular weight is 485 g/mol. The molecule has 2 aromatic heterocycles. The highest BCUT2D eigenvalue weighted by Gasteiger charge is 2.34. The summed E-state index contributed by atoms with van der Waals surface area (Å²) in [7, 11) is 2.06. The maximum Gasteiger partial charge on any atom is 0.259 e. The highest BCUT2D eigenvalue weighted by atomic mass is 16.5. The van der Waals surface area contributed by atoms with Gasteiger partial charge >= 0.3 is 0 Å². The van der Waals surface area contributed by atoms with Crippen molar-refractivity contribution >= 4 is 5.91 Å². The minimum atomic E-state index is -0.335. The monoisotopic (exact) mass is 484 g/mol. The molecule has 1 N–H and O–H groups in total. The summed E-state index contributed by atoms with van der Waals surface area (Å²) in [6.45, 7) is 5.71. The van der Waals surface area contributed by atoms with Crippen LogP contribution in [0.1, 0.15) is 40.9 Å². The number of amides is 1. The van der Waals surface area contributed by atoms with E-state index in [1.165, 1.54) is 5.56 Å². The quantitative estimate of drug-likeness (QED) is 0.542. The molecule has 7 nitrogen and oxygen atoms in total. The number of hydrogen-bond acceptors (Lipinski definition) is 6. The van der Waals surface area contributed by atoms with Gasteiger partial charge in [-0.1, -0.05) is 49.1 Å². The summed E-state index contributed by atoms with van der Waals surface area (Å²) in [6, 6.07) is 15.4. The zero-order valence-corrected chi connectivity index (χ0v) is 21.0. The number of hydrogen-bond donors (Lipinski definition) is 1. The van der Waals surface area contributed by atoms with Gasteiger partial charge in [-0.05, 0) is 37.7 Å². The van der Waals surface area contributed by atoms with E-state index in [1.807, 2.05) is 37.3 Å². The Morgan fingerprint density at radius 1 is 1.17 bits per heavy atom. The van der Waals surface area contributed by atoms with Crippen LogP contribution in [-0.2, 0) is 6.54 Å². The van der Waals surface area contributed by atoms with Crippen LogP contribution >= 0.6 is 0 Å². The minimum absolute atomic E-state index is 0.0289. The number of pyridine rings is 2. The number of aliphatic hydroxyl groups is 1. The Bertz CT molecular complexity index is 1220. The van der Waals surface area contributed by atoms with Crippen molar-refractivity contribution in [2.24, 2.45) is 5.92 Å². The van der Waals surface area contributed by atoms with Gasteiger partial charge < -0.3 is 14.7 Å². The Labute approximate surface area is 212 Å². The fraction of sp³-hybridized carbons (Fsp3) is 0.345. The summed E-state index contributed by atoms with van der Waals surface area (Å²) in [5.41, 5.74) is 2.96. The number of fused-ring (bicyclic) bond motifs is 1. The molecule has 1 aliphatic rings. The molecule has 186 valence electrons. The Hall–Kier alpha value is -3.73. The summed E-state index contributed by atoms with van der Waals surface area (Å²) in [4.78, 5) is 26.1. The largest absolute Gasteiger partial charge is 0.472 e. The molecule has 7 heteroatoms. The molecule has 0 radical (unpaired) electrons. The molecule has 4 rings (SSSR count). The third-order valence-corrected chi connectivity index (χ3v) is 6.32. The molecule has 1 amide bonds. The van der Waals surface area contributed by atoms with Crippen molar-refractivity contribution in [2.45, 2.75) is 32.5 Å². The zero-order chi connectivity index (χ0) is 25.5. The lowest BCUT2D eigenvalue weighted by molar-refractivity contribution is 0.0325. The van der Waals surface area contributed by atoms with Crippen molar-refractivity contribution in [3.05, 3.63) is 89.4 Å². The molecule has 0 spiro atoms. The number of aliphatic hydroxyl groups excluding tert-OH is 1. The van der Waals surface area contributed by atoms with Gasteiger partial charge in [0.25, 0.3) is 5.91 Å². The summed E-state index contributed by atoms with van der Waals surface area (Å²) in [5.74, 6) is 6.24. The van der Waals surface area contributed by atoms with Gasteiger partial charge in [0.2, 0.25) is 5.88 Å². The van der Waals surface area contributed by atoms with Crippen molar-refractivity contribution in [3.63, 3.8) is 0 Å². The van der Waals surface area contributed by atoms with Crippen LogP contribution in [0.15, 0.2) is 67.1 Å². The molecule has 3 aromatic rings. The second kappa shape index (κ2) is 11.8. The van der Waals surface area contributed by atoms with E-state index in [0.29, 0.717) is 30.1 Å². The lowest BCUT2D eigenvalue weighted by Gasteiger charge is -2.37. The van der Waals surface area contributed by atoms with E-state index < -0.39 is 0 Å². The van der Waals surface area contributed by atoms with E-state index in [2.05, 4.69) is 52.8 Å². The highest BCUT2D eigenvalue weighted by molar-refractivity contribution is 5.97. The summed E-state index contributed by atoms with van der Waals surface area (Å²) in [6.07, 6.45) is 4.82. The van der Waals surface area contributed by atoms with E-state index in [4.69, 9.17) is 4.74 Å². The van der Waals surface area contributed by atoms with Crippen molar-refractivity contribution in [1.29, 1.82) is 0 Å². The molecule has 0 unspecified atom stereocenters. The summed E-state index contributed by atoms with van der Waals surface area (Å²) >= 11 is 0. The van der Waals surface area contributed by atoms with E-state index in [-0.39, 0.29) is 30.6 Å². The van der Waals surface area contributed by atoms with E-state index in [1.54, 1.807) is 29.6 Å². The van der Waals surface area contributed by atoms with Crippen LogP contribution in [0.25, 0.3) is 0 Å². The molecule has 0 aliphatic carbocycles. The van der Waals surface area contributed by atoms with Crippen LogP contribution < -0.4 is 4.74 Å². The van der Waals surface area contributed by atoms with E-state index >= 15 is 0 Å². The van der Waals surface area contributed by atoms with Crippen molar-refractivity contribution in [3.8, 4) is 17.7 Å². The third kappa shape index (κ3) is 6.28. The Kier molecular flexibility index (Phi) is 8.32. The predicted octanol–water partition coefficient (Wildman–Crippen LogP) is 3.23. The molecule has 1 aromatic carbocycles. The zero-order valence-electron chi connectivity index (χ0n) is 21.0. The molecular weight excluding hydrogens is 452 g/mol. The van der Waals surface area contributed by atoms with Crippen molar-refractivity contribution in [1.82, 2.24) is 19.8 Å². The molecule has 0 fully saturated rings. The normalized spacial score (nSPS) is 18.4. The van der Waals surface area contributed by atoms with Gasteiger partial charge in [-0.15, -0.1) is 0 Å². The number of aromatic nitrogens is 2. The van der Waals surface area contributed by atoms with Gasteiger partial charge in [0.15, 0.2) is 0 Å². The number of carbonyl (C=O) groups is 1. The predicted molar refractivity (Wildman–Crippen MR) is 138 cm³/mol. The number of benzene rings is 1. The number of likely N-dealkylation sites (N-methyl/N-ethyl adjacent to an activating group) is 1. The number of carbonyl (C=O) groups excluding carboxylic acids is 1. The van der Waals surface area contributed by atoms with Crippen LogP contribution in [-0.4, -0.2) is 69.7 Å². The van der Waals surface area contributed by atoms with Gasteiger partial charge in [0.1, 0.15) is 11.7 Å². The smallest absolute Gasteiger partial charge is 0.259 e. The molecule has 0 saturated carbocycles. The Balaban J connectivity index is 1.63. The molecule has 0 bridgehead atoms. The van der Waals surface area contributed by atoms with Crippen LogP contribution in [0.2, 0.25) is 0 Å². The van der Waals surface area contributed by atoms with Gasteiger partial charge in [0.05, 0.1) is 12.6 Å². The standard InChI is InChI=1S/C29H32N4O3/c1-21-17-33(22(2)20-34)29(35)26-14-25(12-11-23-10-7-13-30-15-23)16-31-28(26)36-27(21)19-32(3)18-24-8-5-4-6-9-24/h4-10,13-16,21-22,27,34H,17-20H2,1-3H3/t21-,22+,27+/m0/s1. The molecular formula is C29H32N4O3. The second-order valence-corrected chi connectivity index (χ2v) is 9.37. The molecule has 1 aliphatic heterocycles. The van der Waals surface area contributed by atoms with Crippen LogP contribution in [0, 0.1) is 17.8 Å². The lowest BCUT2D eigenvalue weighted by atomic mass is 9.99. The summed E-state index contributed by atoms with van der Waals surface area (Å²) < 4.78 is 6.39. The van der Waals surface area contributed by atoms with Crippen molar-refractivity contribution in [2.75, 3.05) is 26.7 Å². The highest BCUT2D eigenvalue weighted by Crippen LogP contribution is 2.27. The third-order valence-electron chi connectivity index (χ3n) is 6.32. The maximum absolute atomic E-state index is 13.6. The first-order chi connectivity index (χ1) is 17.4. The van der Waals surface area contributed by atoms with Gasteiger partial charge in [0, 0.05) is 55.3 Å². The van der Waals surface area contributed by atoms with Crippen LogP contribution in [0.5, 0.6) is 5.88 Å². The minimum Gasteiger partial charge on any atom is -0.472 e. The van der Waals surface area contributed by atoms with Gasteiger partial charge in [-0.2, -0.15) is 0 Å². The summed E-state index contributed by atoms with van der Waals surface area (Å²) in [5, 5.41) is 9.86. The first-order valence-corrected chi connectivity index (χ1v) is 12.2. The van der Waals surface area contributed by atoms with Gasteiger partial charge in [-0.3, -0.25) is 14.7 Å². The van der Waals surface area contributed by atoms with Crippen LogP contribution in [0.3, 0.4) is 0 Å². The number of ether oxygens (including phenoxy) is 1. The topological polar surface area (TPSA) is 78.8 Å². The van der Waals surface area contributed by atoms with Crippen LogP contribution in [0.4, 0.5) is 0 Å². The molecule has 36 heavy (non-hydrogen) atoms. The Morgan fingerprint density at radius 3 is 2.67 bits per heavy atom. The molecule has 3 atom stereocenters. The van der Waals surface area contributed by atoms with E-state index in [9.17, 15) is 9.90 Å². The average Bonchev–Trinajstić information content (AvgIpc) is 2.90. The second-order valence-electron chi connectivity index (χ2n) is 9.37. The Morgan fingerprint density at radius 2 is 1.94 bits per heavy atom. The van der Waals surface area contributed by atoms with E-state index in [0.717, 1.165) is 12.1 Å². The SMILES string of the molecule is C[C@H](CO)N1C[C@H](C)[C@@H](CN(C)Cc2ccccc2)Oc2ncc(C#Cc3cccnc3)cc2C1=O. The number of nitrogens with zero attached hydrogens (tertiary/aromatic N) is 4. The fourth-order valence-corrected chi connectivity index (χ4v) is 4.24. The molecule has 3 heterocycles. The number of rotatable bonds is 6. The maximum atomic E-state index is 13.6. The first-order valence-electron chi connectivity index (χ1n) is 12.2. The molecule has 0 saturated heterocycles. The van der Waals surface area contributed by atoms with Crippen molar-refractivity contribution < 1.29 is 14.6 Å². The lowest BCUT2D eigenvalue weighted by Crippen LogP contribution is -2.49.